The van der Waals surface area contributed by atoms with Gasteiger partial charge in [0.25, 0.3) is 0 Å². The number of halogens is 1. The van der Waals surface area contributed by atoms with Crippen molar-refractivity contribution < 1.29 is 13.9 Å². The van der Waals surface area contributed by atoms with E-state index in [1.807, 2.05) is 55.5 Å². The van der Waals surface area contributed by atoms with Gasteiger partial charge in [0.05, 0.1) is 18.3 Å². The van der Waals surface area contributed by atoms with Gasteiger partial charge in [-0.15, -0.1) is 0 Å². The summed E-state index contributed by atoms with van der Waals surface area (Å²) >= 11 is 11.8. The number of nitrogens with one attached hydrogen (secondary N) is 1. The fourth-order valence-electron chi connectivity index (χ4n) is 3.75. The Balaban J connectivity index is 1.73. The fraction of sp³-hybridized carbons (Fsp3) is 0.261. The van der Waals surface area contributed by atoms with E-state index in [9.17, 15) is 4.79 Å². The van der Waals surface area contributed by atoms with E-state index in [1.165, 1.54) is 0 Å². The highest BCUT2D eigenvalue weighted by Crippen LogP contribution is 2.40. The molecule has 0 radical (unpaired) electrons. The second-order valence-corrected chi connectivity index (χ2v) is 8.04. The van der Waals surface area contributed by atoms with Crippen molar-refractivity contribution in [2.24, 2.45) is 0 Å². The first-order valence-corrected chi connectivity index (χ1v) is 10.8. The molecule has 1 aliphatic rings. The van der Waals surface area contributed by atoms with Gasteiger partial charge in [-0.1, -0.05) is 23.7 Å². The third-order valence-corrected chi connectivity index (χ3v) is 5.77. The summed E-state index contributed by atoms with van der Waals surface area (Å²) in [6, 6.07) is 14.6. The average molecular weight is 456 g/mol. The second kappa shape index (κ2) is 9.08. The van der Waals surface area contributed by atoms with Crippen LogP contribution in [-0.2, 0) is 9.53 Å². The molecule has 1 aromatic carbocycles. The number of nitrogens with zero attached hydrogens (tertiary/aromatic N) is 2. The number of aryl methyl sites for hydroxylation is 1. The molecular formula is C23H22ClN3O3S. The van der Waals surface area contributed by atoms with Crippen molar-refractivity contribution in [1.29, 1.82) is 0 Å². The molecule has 1 aliphatic heterocycles. The van der Waals surface area contributed by atoms with Crippen LogP contribution in [-0.4, -0.2) is 34.1 Å². The lowest BCUT2D eigenvalue weighted by atomic mass is 10.0. The van der Waals surface area contributed by atoms with Gasteiger partial charge >= 0.3 is 5.97 Å². The molecule has 0 aliphatic carbocycles. The molecule has 2 atom stereocenters. The number of ether oxygens (including phenoxy) is 1. The van der Waals surface area contributed by atoms with Crippen molar-refractivity contribution in [1.82, 2.24) is 15.2 Å². The van der Waals surface area contributed by atoms with Gasteiger partial charge in [-0.05, 0) is 68.0 Å². The monoisotopic (exact) mass is 455 g/mol. The Hall–Kier alpha value is -2.90. The SMILES string of the molecule is CCOC(=O)CN1C(=S)N[C@@H](c2ccccn2)[C@@H]1c1ccc(-c2cc(Cl)ccc2C)o1. The van der Waals surface area contributed by atoms with Gasteiger partial charge in [-0.2, -0.15) is 0 Å². The van der Waals surface area contributed by atoms with Crippen LogP contribution < -0.4 is 5.32 Å². The highest BCUT2D eigenvalue weighted by Gasteiger charge is 2.42. The molecule has 0 unspecified atom stereocenters. The molecule has 3 aromatic rings. The summed E-state index contributed by atoms with van der Waals surface area (Å²) < 4.78 is 11.4. The Kier molecular flexibility index (Phi) is 6.25. The number of pyridine rings is 1. The first-order chi connectivity index (χ1) is 15.0. The van der Waals surface area contributed by atoms with E-state index in [2.05, 4.69) is 10.3 Å². The Morgan fingerprint density at radius 1 is 1.29 bits per heavy atom. The van der Waals surface area contributed by atoms with Crippen LogP contribution in [0, 0.1) is 6.92 Å². The highest BCUT2D eigenvalue weighted by atomic mass is 35.5. The molecule has 0 spiro atoms. The summed E-state index contributed by atoms with van der Waals surface area (Å²) in [6.45, 7) is 4.10. The van der Waals surface area contributed by atoms with E-state index in [0.717, 1.165) is 16.8 Å². The number of hydrogen-bond donors (Lipinski definition) is 1. The molecule has 1 saturated heterocycles. The number of benzene rings is 1. The maximum atomic E-state index is 12.3. The van der Waals surface area contributed by atoms with Crippen LogP contribution in [0.25, 0.3) is 11.3 Å². The Morgan fingerprint density at radius 3 is 2.87 bits per heavy atom. The molecule has 4 rings (SSSR count). The van der Waals surface area contributed by atoms with Crippen molar-refractivity contribution >= 4 is 34.9 Å². The van der Waals surface area contributed by atoms with E-state index in [-0.39, 0.29) is 24.6 Å². The van der Waals surface area contributed by atoms with Crippen LogP contribution in [0.15, 0.2) is 59.1 Å². The van der Waals surface area contributed by atoms with Crippen molar-refractivity contribution in [3.8, 4) is 11.3 Å². The molecule has 6 nitrogen and oxygen atoms in total. The molecule has 0 saturated carbocycles. The zero-order chi connectivity index (χ0) is 22.0. The first kappa shape index (κ1) is 21.3. The largest absolute Gasteiger partial charge is 0.465 e. The normalized spacial score (nSPS) is 18.2. The maximum absolute atomic E-state index is 12.3. The third-order valence-electron chi connectivity index (χ3n) is 5.19. The van der Waals surface area contributed by atoms with Crippen LogP contribution in [0.3, 0.4) is 0 Å². The summed E-state index contributed by atoms with van der Waals surface area (Å²) in [5, 5.41) is 4.38. The maximum Gasteiger partial charge on any atom is 0.325 e. The standard InChI is InChI=1S/C23H22ClN3O3S/c1-3-29-20(28)13-27-22(21(26-23(27)31)17-6-4-5-11-25-17)19-10-9-18(30-19)16-12-15(24)8-7-14(16)2/h4-12,21-22H,3,13H2,1-2H3,(H,26,31)/t21-,22-/m0/s1. The number of rotatable bonds is 6. The molecule has 31 heavy (non-hydrogen) atoms. The Bertz CT molecular complexity index is 1100. The zero-order valence-electron chi connectivity index (χ0n) is 17.2. The minimum atomic E-state index is -0.361. The molecule has 1 N–H and O–H groups in total. The highest BCUT2D eigenvalue weighted by molar-refractivity contribution is 7.80. The van der Waals surface area contributed by atoms with Crippen LogP contribution in [0.2, 0.25) is 5.02 Å². The minimum Gasteiger partial charge on any atom is -0.465 e. The Morgan fingerprint density at radius 2 is 2.13 bits per heavy atom. The Labute approximate surface area is 191 Å². The molecule has 3 heterocycles. The molecule has 2 aromatic heterocycles. The molecule has 160 valence electrons. The quantitative estimate of drug-likeness (QED) is 0.421. The van der Waals surface area contributed by atoms with Gasteiger partial charge < -0.3 is 19.4 Å². The molecule has 8 heteroatoms. The number of carbonyl (C=O) groups is 1. The predicted molar refractivity (Wildman–Crippen MR) is 123 cm³/mol. The molecular weight excluding hydrogens is 434 g/mol. The summed E-state index contributed by atoms with van der Waals surface area (Å²) in [7, 11) is 0. The van der Waals surface area contributed by atoms with Crippen LogP contribution >= 0.6 is 23.8 Å². The summed E-state index contributed by atoms with van der Waals surface area (Å²) in [4.78, 5) is 18.5. The first-order valence-electron chi connectivity index (χ1n) is 9.98. The lowest BCUT2D eigenvalue weighted by Gasteiger charge is -2.25. The number of aromatic nitrogens is 1. The van der Waals surface area contributed by atoms with Gasteiger partial charge in [0, 0.05) is 16.8 Å². The van der Waals surface area contributed by atoms with Crippen molar-refractivity contribution in [2.75, 3.05) is 13.2 Å². The smallest absolute Gasteiger partial charge is 0.325 e. The number of esters is 1. The van der Waals surface area contributed by atoms with Crippen LogP contribution in [0.5, 0.6) is 0 Å². The molecule has 1 fully saturated rings. The number of hydrogen-bond acceptors (Lipinski definition) is 5. The minimum absolute atomic E-state index is 0.0138. The zero-order valence-corrected chi connectivity index (χ0v) is 18.7. The lowest BCUT2D eigenvalue weighted by Crippen LogP contribution is -2.35. The fourth-order valence-corrected chi connectivity index (χ4v) is 4.22. The van der Waals surface area contributed by atoms with Gasteiger partial charge in [-0.3, -0.25) is 9.78 Å². The van der Waals surface area contributed by atoms with Crippen LogP contribution in [0.1, 0.15) is 36.0 Å². The summed E-state index contributed by atoms with van der Waals surface area (Å²) in [5.41, 5.74) is 2.77. The van der Waals surface area contributed by atoms with Crippen molar-refractivity contribution in [2.45, 2.75) is 25.9 Å². The van der Waals surface area contributed by atoms with Crippen LogP contribution in [0.4, 0.5) is 0 Å². The summed E-state index contributed by atoms with van der Waals surface area (Å²) in [5.74, 6) is 1.01. The van der Waals surface area contributed by atoms with Gasteiger partial charge in [0.15, 0.2) is 5.11 Å². The van der Waals surface area contributed by atoms with Gasteiger partial charge in [0.1, 0.15) is 24.1 Å². The van der Waals surface area contributed by atoms with Crippen molar-refractivity contribution in [3.63, 3.8) is 0 Å². The number of carbonyl (C=O) groups excluding carboxylic acids is 1. The topological polar surface area (TPSA) is 67.6 Å². The number of thiocarbonyl (C=S) groups is 1. The van der Waals surface area contributed by atoms with E-state index in [4.69, 9.17) is 33.0 Å². The molecule has 0 amide bonds. The predicted octanol–water partition coefficient (Wildman–Crippen LogP) is 4.84. The second-order valence-electron chi connectivity index (χ2n) is 7.22. The molecule has 0 bridgehead atoms. The van der Waals surface area contributed by atoms with E-state index >= 15 is 0 Å². The average Bonchev–Trinajstić information content (AvgIpc) is 3.36. The van der Waals surface area contributed by atoms with Gasteiger partial charge in [0.2, 0.25) is 0 Å². The lowest BCUT2D eigenvalue weighted by molar-refractivity contribution is -0.143. The van der Waals surface area contributed by atoms with Crippen molar-refractivity contribution in [3.05, 3.63) is 76.8 Å². The summed E-state index contributed by atoms with van der Waals surface area (Å²) in [6.07, 6.45) is 1.73. The van der Waals surface area contributed by atoms with E-state index < -0.39 is 0 Å². The third kappa shape index (κ3) is 4.43. The van der Waals surface area contributed by atoms with Gasteiger partial charge in [-0.25, -0.2) is 0 Å². The van der Waals surface area contributed by atoms with E-state index in [0.29, 0.717) is 28.3 Å². The number of furan rings is 1. The van der Waals surface area contributed by atoms with E-state index in [1.54, 1.807) is 18.0 Å².